The van der Waals surface area contributed by atoms with E-state index in [2.05, 4.69) is 9.99 Å². The summed E-state index contributed by atoms with van der Waals surface area (Å²) >= 11 is 6.00. The Morgan fingerprint density at radius 1 is 1.30 bits per heavy atom. The van der Waals surface area contributed by atoms with Crippen LogP contribution in [0, 0.1) is 5.82 Å². The topological polar surface area (TPSA) is 30.3 Å². The van der Waals surface area contributed by atoms with Gasteiger partial charge in [0.25, 0.3) is 0 Å². The summed E-state index contributed by atoms with van der Waals surface area (Å²) in [5, 5.41) is 2.23. The van der Waals surface area contributed by atoms with E-state index in [-0.39, 0.29) is 5.75 Å². The Balaban J connectivity index is 2.16. The molecule has 0 N–H and O–H groups in total. The third-order valence-electron chi connectivity index (χ3n) is 3.71. The molecule has 3 rings (SSSR count). The number of nitrogens with zero attached hydrogens (tertiary/aromatic N) is 3. The van der Waals surface area contributed by atoms with Crippen molar-refractivity contribution in [2.45, 2.75) is 25.1 Å². The number of ether oxygens (including phenoxy) is 1. The Hall–Kier alpha value is -1.49. The Morgan fingerprint density at radius 2 is 2.05 bits per heavy atom. The van der Waals surface area contributed by atoms with E-state index >= 15 is 0 Å². The van der Waals surface area contributed by atoms with Crippen molar-refractivity contribution in [3.63, 3.8) is 0 Å². The number of benzene rings is 1. The first-order valence-corrected chi connectivity index (χ1v) is 7.34. The number of alkyl halides is 1. The number of imidazole rings is 1. The van der Waals surface area contributed by atoms with Gasteiger partial charge in [0.15, 0.2) is 11.6 Å². The van der Waals surface area contributed by atoms with Crippen molar-refractivity contribution >= 4 is 22.6 Å². The van der Waals surface area contributed by atoms with Gasteiger partial charge in [-0.1, -0.05) is 0 Å². The van der Waals surface area contributed by atoms with E-state index in [0.29, 0.717) is 11.4 Å². The summed E-state index contributed by atoms with van der Waals surface area (Å²) in [5.41, 5.74) is 1.46. The van der Waals surface area contributed by atoms with Gasteiger partial charge in [-0.15, -0.1) is 11.6 Å². The molecular weight excluding hydrogens is 281 g/mol. The predicted molar refractivity (Wildman–Crippen MR) is 77.6 cm³/mol. The molecule has 108 valence electrons. The van der Waals surface area contributed by atoms with Crippen LogP contribution in [0.5, 0.6) is 5.75 Å². The van der Waals surface area contributed by atoms with Crippen LogP contribution in [0.3, 0.4) is 0 Å². The second-order valence-corrected chi connectivity index (χ2v) is 5.23. The molecule has 0 amide bonds. The lowest BCUT2D eigenvalue weighted by atomic mass is 10.2. The first-order chi connectivity index (χ1) is 9.74. The lowest BCUT2D eigenvalue weighted by molar-refractivity contribution is 0.387. The van der Waals surface area contributed by atoms with E-state index in [4.69, 9.17) is 16.3 Å². The monoisotopic (exact) mass is 297 g/mol. The maximum atomic E-state index is 13.8. The normalized spacial score (nSPS) is 15.8. The van der Waals surface area contributed by atoms with Crippen LogP contribution in [0.25, 0.3) is 11.0 Å². The first-order valence-electron chi connectivity index (χ1n) is 6.80. The van der Waals surface area contributed by atoms with Crippen LogP contribution in [-0.4, -0.2) is 29.9 Å². The fourth-order valence-electron chi connectivity index (χ4n) is 2.75. The van der Waals surface area contributed by atoms with Crippen molar-refractivity contribution in [1.29, 1.82) is 0 Å². The van der Waals surface area contributed by atoms with Crippen LogP contribution < -0.4 is 9.75 Å². The number of fused-ring (bicyclic) bond motifs is 1. The molecule has 1 fully saturated rings. The molecule has 20 heavy (non-hydrogen) atoms. The van der Waals surface area contributed by atoms with Gasteiger partial charge in [-0.05, 0) is 19.3 Å². The molecule has 0 atom stereocenters. The zero-order chi connectivity index (χ0) is 14.1. The molecule has 2 heterocycles. The largest absolute Gasteiger partial charge is 0.494 e. The number of aromatic nitrogens is 2. The van der Waals surface area contributed by atoms with Crippen LogP contribution in [0.15, 0.2) is 12.1 Å². The van der Waals surface area contributed by atoms with Gasteiger partial charge in [0, 0.05) is 25.2 Å². The van der Waals surface area contributed by atoms with E-state index in [9.17, 15) is 4.39 Å². The highest BCUT2D eigenvalue weighted by Gasteiger charge is 2.19. The van der Waals surface area contributed by atoms with Crippen LogP contribution in [0.1, 0.15) is 25.1 Å². The Bertz CT molecular complexity index is 622. The third kappa shape index (κ3) is 2.20. The summed E-state index contributed by atoms with van der Waals surface area (Å²) in [5.74, 6) is 0.882. The molecule has 1 aromatic heterocycles. The Kier molecular flexibility index (Phi) is 3.70. The SMILES string of the molecule is COc1cc2c(cc1F)nc(CCl)n2N1CCCCC1. The van der Waals surface area contributed by atoms with Gasteiger partial charge in [-0.25, -0.2) is 14.1 Å². The second-order valence-electron chi connectivity index (χ2n) is 4.96. The van der Waals surface area contributed by atoms with Gasteiger partial charge >= 0.3 is 0 Å². The molecule has 2 aromatic rings. The van der Waals surface area contributed by atoms with Gasteiger partial charge in [-0.3, -0.25) is 0 Å². The Morgan fingerprint density at radius 3 is 2.70 bits per heavy atom. The van der Waals surface area contributed by atoms with Gasteiger partial charge in [-0.2, -0.15) is 0 Å². The van der Waals surface area contributed by atoms with Crippen molar-refractivity contribution < 1.29 is 9.13 Å². The number of rotatable bonds is 3. The first kappa shape index (κ1) is 13.5. The minimum absolute atomic E-state index is 0.233. The van der Waals surface area contributed by atoms with E-state index in [1.807, 2.05) is 4.68 Å². The quantitative estimate of drug-likeness (QED) is 0.816. The molecule has 0 spiro atoms. The highest BCUT2D eigenvalue weighted by molar-refractivity contribution is 6.16. The molecule has 0 saturated carbocycles. The second kappa shape index (κ2) is 5.48. The molecule has 1 saturated heterocycles. The maximum Gasteiger partial charge on any atom is 0.167 e. The molecule has 0 bridgehead atoms. The van der Waals surface area contributed by atoms with Crippen LogP contribution in [-0.2, 0) is 5.88 Å². The summed E-state index contributed by atoms with van der Waals surface area (Å²) in [7, 11) is 1.47. The lowest BCUT2D eigenvalue weighted by Gasteiger charge is -2.31. The van der Waals surface area contributed by atoms with Crippen LogP contribution in [0.2, 0.25) is 0 Å². The van der Waals surface area contributed by atoms with Crippen molar-refractivity contribution in [1.82, 2.24) is 9.66 Å². The standard InChI is InChI=1S/C14H17ClFN3O/c1-20-13-8-12-11(7-10(13)16)17-14(9-15)19(12)18-5-3-2-4-6-18/h7-8H,2-6,9H2,1H3. The number of piperidine rings is 1. The van der Waals surface area contributed by atoms with Crippen LogP contribution >= 0.6 is 11.6 Å². The van der Waals surface area contributed by atoms with Crippen molar-refractivity contribution in [2.24, 2.45) is 0 Å². The van der Waals surface area contributed by atoms with E-state index in [1.54, 1.807) is 6.07 Å². The molecule has 1 aromatic carbocycles. The van der Waals surface area contributed by atoms with E-state index < -0.39 is 5.82 Å². The maximum absolute atomic E-state index is 13.8. The van der Waals surface area contributed by atoms with E-state index in [1.165, 1.54) is 19.6 Å². The molecule has 4 nitrogen and oxygen atoms in total. The molecule has 0 unspecified atom stereocenters. The zero-order valence-electron chi connectivity index (χ0n) is 11.4. The van der Waals surface area contributed by atoms with Gasteiger partial charge < -0.3 is 9.75 Å². The smallest absolute Gasteiger partial charge is 0.167 e. The lowest BCUT2D eigenvalue weighted by Crippen LogP contribution is -2.39. The minimum Gasteiger partial charge on any atom is -0.494 e. The summed E-state index contributed by atoms with van der Waals surface area (Å²) in [6, 6.07) is 3.10. The van der Waals surface area contributed by atoms with Gasteiger partial charge in [0.1, 0.15) is 5.82 Å². The van der Waals surface area contributed by atoms with E-state index in [0.717, 1.165) is 37.3 Å². The summed E-state index contributed by atoms with van der Waals surface area (Å²) < 4.78 is 20.9. The van der Waals surface area contributed by atoms with Gasteiger partial charge in [0.2, 0.25) is 0 Å². The minimum atomic E-state index is -0.399. The molecular formula is C14H17ClFN3O. The van der Waals surface area contributed by atoms with Crippen molar-refractivity contribution in [3.8, 4) is 5.75 Å². The fraction of sp³-hybridized carbons (Fsp3) is 0.500. The highest BCUT2D eigenvalue weighted by atomic mass is 35.5. The van der Waals surface area contributed by atoms with Crippen molar-refractivity contribution in [3.05, 3.63) is 23.8 Å². The molecule has 0 radical (unpaired) electrons. The average Bonchev–Trinajstić information content (AvgIpc) is 2.84. The predicted octanol–water partition coefficient (Wildman–Crippen LogP) is 3.04. The fourth-order valence-corrected chi connectivity index (χ4v) is 2.93. The van der Waals surface area contributed by atoms with Crippen LogP contribution in [0.4, 0.5) is 4.39 Å². The summed E-state index contributed by atoms with van der Waals surface area (Å²) in [6.07, 6.45) is 3.55. The van der Waals surface area contributed by atoms with Gasteiger partial charge in [0.05, 0.1) is 24.0 Å². The molecule has 6 heteroatoms. The average molecular weight is 298 g/mol. The number of hydrogen-bond acceptors (Lipinski definition) is 3. The zero-order valence-corrected chi connectivity index (χ0v) is 12.2. The number of halogens is 2. The van der Waals surface area contributed by atoms with Crippen molar-refractivity contribution in [2.75, 3.05) is 25.2 Å². The third-order valence-corrected chi connectivity index (χ3v) is 3.95. The summed E-state index contributed by atoms with van der Waals surface area (Å²) in [6.45, 7) is 1.93. The number of hydrogen-bond donors (Lipinski definition) is 0. The summed E-state index contributed by atoms with van der Waals surface area (Å²) in [4.78, 5) is 4.44. The molecule has 1 aliphatic rings. The molecule has 1 aliphatic heterocycles. The molecule has 0 aliphatic carbocycles. The Labute approximate surface area is 122 Å². The highest BCUT2D eigenvalue weighted by Crippen LogP contribution is 2.27. The number of methoxy groups -OCH3 is 1.